The summed E-state index contributed by atoms with van der Waals surface area (Å²) in [5.74, 6) is 22.9. The Bertz CT molecular complexity index is 1630. The van der Waals surface area contributed by atoms with Crippen molar-refractivity contribution in [3.8, 4) is 0 Å². The van der Waals surface area contributed by atoms with Gasteiger partial charge < -0.3 is 0 Å². The summed E-state index contributed by atoms with van der Waals surface area (Å²) in [5, 5.41) is 0. The summed E-state index contributed by atoms with van der Waals surface area (Å²) < 4.78 is 0. The van der Waals surface area contributed by atoms with Gasteiger partial charge in [-0.25, -0.2) is 0 Å². The Hall–Kier alpha value is 0. The first-order valence-electron chi connectivity index (χ1n) is 46.0. The van der Waals surface area contributed by atoms with Crippen LogP contribution in [0, 0.1) is 118 Å². The summed E-state index contributed by atoms with van der Waals surface area (Å²) >= 11 is 0. The minimum atomic E-state index is 1.12. The quantitative estimate of drug-likeness (QED) is 0.227. The maximum Gasteiger partial charge on any atom is -0.0411 e. The lowest BCUT2D eigenvalue weighted by atomic mass is 9.71. The number of hydrogen-bond acceptors (Lipinski definition) is 0. The maximum absolute atomic E-state index is 1.58. The summed E-state index contributed by atoms with van der Waals surface area (Å²) in [7, 11) is 0. The van der Waals surface area contributed by atoms with E-state index in [0.717, 1.165) is 107 Å². The molecule has 0 saturated heterocycles. The smallest absolute Gasteiger partial charge is 0.0411 e. The molecule has 93 heavy (non-hydrogen) atoms. The van der Waals surface area contributed by atoms with Crippen LogP contribution in [0.1, 0.15) is 469 Å². The average molecular weight is 1280 g/mol. The van der Waals surface area contributed by atoms with Gasteiger partial charge in [0.1, 0.15) is 0 Å². The fraction of sp³-hybridized carbons (Fsp3) is 1.00. The van der Waals surface area contributed by atoms with Crippen LogP contribution in [-0.2, 0) is 0 Å². The molecular weight excluding hydrogens is 1120 g/mol. The van der Waals surface area contributed by atoms with Gasteiger partial charge in [0.25, 0.3) is 0 Å². The van der Waals surface area contributed by atoms with Crippen molar-refractivity contribution in [2.24, 2.45) is 118 Å². The lowest BCUT2D eigenvalue weighted by molar-refractivity contribution is 0.176. The highest BCUT2D eigenvalue weighted by atomic mass is 14.4. The first-order chi connectivity index (χ1) is 46.0. The molecule has 23 fully saturated rings. The second-order valence-electron chi connectivity index (χ2n) is 39.3. The molecule has 23 aliphatic carbocycles. The van der Waals surface area contributed by atoms with Gasteiger partial charge in [-0.1, -0.05) is 437 Å². The SMILES string of the molecule is C1CC2CCC(C1)C2.C1CC2CCC1C2.C1CC2CCC1CC2.C1CC2CCCC(C1)C2.C1CC2CCCC(C1)CC2.C1CC2CCCC(C1)CCC2.C1CCC2CCC(C1)C2.C1CCC2CCC(C1)CC2.C1CCC2CCCC(C1)C2.C1CCC2CCCC(C1)CC2. The van der Waals surface area contributed by atoms with E-state index in [1.54, 1.807) is 353 Å². The van der Waals surface area contributed by atoms with E-state index in [-0.39, 0.29) is 0 Å². The van der Waals surface area contributed by atoms with Gasteiger partial charge in [-0.3, -0.25) is 0 Å². The average Bonchev–Trinajstić information content (AvgIpc) is 3.32. The van der Waals surface area contributed by atoms with E-state index in [4.69, 9.17) is 0 Å². The minimum absolute atomic E-state index is 1.12. The molecule has 0 aromatic carbocycles. The van der Waals surface area contributed by atoms with Crippen molar-refractivity contribution in [1.82, 2.24) is 0 Å². The van der Waals surface area contributed by atoms with Crippen molar-refractivity contribution in [1.29, 1.82) is 0 Å². The third-order valence-electron chi connectivity index (χ3n) is 32.3. The van der Waals surface area contributed by atoms with Crippen molar-refractivity contribution >= 4 is 0 Å². The summed E-state index contributed by atoms with van der Waals surface area (Å²) in [6.45, 7) is 0. The molecule has 0 aromatic rings. The fourth-order valence-electron chi connectivity index (χ4n) is 26.1. The van der Waals surface area contributed by atoms with Gasteiger partial charge in [-0.15, -0.1) is 0 Å². The number of rotatable bonds is 0. The number of fused-ring (bicyclic) bond motifs is 30. The molecule has 0 aliphatic heterocycles. The lowest BCUT2D eigenvalue weighted by Crippen LogP contribution is -2.21. The molecule has 23 saturated carbocycles. The largest absolute Gasteiger partial charge is 0.0530 e. The topological polar surface area (TPSA) is 0 Å². The zero-order valence-corrected chi connectivity index (χ0v) is 63.2. The van der Waals surface area contributed by atoms with Crippen LogP contribution >= 0.6 is 0 Å². The van der Waals surface area contributed by atoms with Crippen LogP contribution in [0.2, 0.25) is 0 Å². The van der Waals surface area contributed by atoms with Gasteiger partial charge >= 0.3 is 0 Å². The summed E-state index contributed by atoms with van der Waals surface area (Å²) in [6.07, 6.45) is 113. The van der Waals surface area contributed by atoms with Crippen LogP contribution in [-0.4, -0.2) is 0 Å². The van der Waals surface area contributed by atoms with Crippen LogP contribution < -0.4 is 0 Å². The summed E-state index contributed by atoms with van der Waals surface area (Å²) in [4.78, 5) is 0. The number of hydrogen-bond donors (Lipinski definition) is 0. The highest BCUT2D eigenvalue weighted by molar-refractivity contribution is 4.85. The van der Waals surface area contributed by atoms with E-state index in [9.17, 15) is 0 Å². The molecule has 0 N–H and O–H groups in total. The van der Waals surface area contributed by atoms with Gasteiger partial charge in [0, 0.05) is 0 Å². The van der Waals surface area contributed by atoms with Crippen LogP contribution in [0.15, 0.2) is 0 Å². The van der Waals surface area contributed by atoms with Crippen molar-refractivity contribution in [2.45, 2.75) is 469 Å². The standard InChI is InChI=1S/2C11H20.3C10H18.2C9H16.2C8H14.C7H12/c1-4-10-6-2-7-11(5-1)9-3-8-10;1-2-5-11-7-3-6-10(4-1)8-9-11;1-3-9-5-2-6-10(4-1)8-7-9;1-2-5-10-7-3-6-9(4-1)8-10;1-2-4-10-7-5-9(3-1)6-8-10;1-3-8-5-2-6-9(4-1)7-8;1-2-4-9-6-5-8(3-1)7-9;1-2-8-5-3-7(1)4-6-8;1-2-7-4-5-8(3-1)6-7;1-2-7-4-3-6(1)5-7/h2*10-11H,1-9H2;3*9-10H,1-8H2;2*8-9H,1-7H2;2*7-8H,1-6H2;6-7H,1-5H2. The first-order valence-corrected chi connectivity index (χ1v) is 46.0. The maximum atomic E-state index is 1.58. The lowest BCUT2D eigenvalue weighted by Gasteiger charge is -2.35. The van der Waals surface area contributed by atoms with E-state index < -0.39 is 0 Å². The molecule has 23 aliphatic rings. The molecule has 8 atom stereocenters. The molecule has 538 valence electrons. The molecule has 0 radical (unpaired) electrons. The van der Waals surface area contributed by atoms with E-state index >= 15 is 0 Å². The second kappa shape index (κ2) is 43.1. The summed E-state index contributed by atoms with van der Waals surface area (Å²) in [5.41, 5.74) is 0. The van der Waals surface area contributed by atoms with Crippen molar-refractivity contribution in [3.63, 3.8) is 0 Å². The molecule has 0 aromatic heterocycles. The molecule has 23 rings (SSSR count). The van der Waals surface area contributed by atoms with E-state index in [2.05, 4.69) is 0 Å². The van der Waals surface area contributed by atoms with Gasteiger partial charge in [0.05, 0.1) is 0 Å². The minimum Gasteiger partial charge on any atom is -0.0530 e. The monoisotopic (exact) mass is 1280 g/mol. The highest BCUT2D eigenvalue weighted by Crippen LogP contribution is 2.47. The fourth-order valence-corrected chi connectivity index (χ4v) is 26.1. The van der Waals surface area contributed by atoms with Gasteiger partial charge in [-0.2, -0.15) is 0 Å². The second-order valence-corrected chi connectivity index (χ2v) is 39.3. The molecule has 0 nitrogen and oxygen atoms in total. The van der Waals surface area contributed by atoms with Gasteiger partial charge in [-0.05, 0) is 150 Å². The van der Waals surface area contributed by atoms with Crippen molar-refractivity contribution in [3.05, 3.63) is 0 Å². The first kappa shape index (κ1) is 74.2. The van der Waals surface area contributed by atoms with Crippen LogP contribution in [0.4, 0.5) is 0 Å². The Kier molecular flexibility index (Phi) is 34.4. The zero-order chi connectivity index (χ0) is 63.2. The predicted octanol–water partition coefficient (Wildman–Crippen LogP) is 30.9. The highest BCUT2D eigenvalue weighted by Gasteiger charge is 2.33. The van der Waals surface area contributed by atoms with Gasteiger partial charge in [0.15, 0.2) is 0 Å². The normalized spacial score (nSPS) is 42.1. The molecule has 8 unspecified atom stereocenters. The van der Waals surface area contributed by atoms with E-state index in [0.29, 0.717) is 0 Å². The molecule has 0 spiro atoms. The Morgan fingerprint density at radius 2 is 0.140 bits per heavy atom. The van der Waals surface area contributed by atoms with Crippen molar-refractivity contribution in [2.75, 3.05) is 0 Å². The van der Waals surface area contributed by atoms with Crippen LogP contribution in [0.25, 0.3) is 0 Å². The molecule has 0 heteroatoms. The molecular formula is C93H166. The van der Waals surface area contributed by atoms with E-state index in [1.807, 2.05) is 0 Å². The van der Waals surface area contributed by atoms with Crippen LogP contribution in [0.3, 0.4) is 0 Å². The van der Waals surface area contributed by atoms with E-state index in [1.165, 1.54) is 127 Å². The van der Waals surface area contributed by atoms with Crippen LogP contribution in [0.5, 0.6) is 0 Å². The van der Waals surface area contributed by atoms with Gasteiger partial charge in [0.2, 0.25) is 0 Å². The Morgan fingerprint density at radius 3 is 0.301 bits per heavy atom. The summed E-state index contributed by atoms with van der Waals surface area (Å²) in [6, 6.07) is 0. The zero-order valence-electron chi connectivity index (χ0n) is 63.2. The predicted molar refractivity (Wildman–Crippen MR) is 407 cm³/mol. The molecule has 20 bridgehead atoms. The Balaban J connectivity index is 0.000000106. The Labute approximate surface area is 583 Å². The van der Waals surface area contributed by atoms with Crippen molar-refractivity contribution < 1.29 is 0 Å². The molecule has 0 heterocycles. The third kappa shape index (κ3) is 28.0. The third-order valence-corrected chi connectivity index (χ3v) is 32.3. The molecule has 0 amide bonds. The Morgan fingerprint density at radius 1 is 0.0645 bits per heavy atom.